The summed E-state index contributed by atoms with van der Waals surface area (Å²) < 4.78 is 54.6. The molecule has 2 rings (SSSR count). The van der Waals surface area contributed by atoms with Crippen LogP contribution in [0.25, 0.3) is 0 Å². The van der Waals surface area contributed by atoms with Crippen molar-refractivity contribution in [3.63, 3.8) is 0 Å². The summed E-state index contributed by atoms with van der Waals surface area (Å²) in [6, 6.07) is 11.4. The Morgan fingerprint density at radius 3 is 1.15 bits per heavy atom. The number of ether oxygens (including phenoxy) is 10. The average Bonchev–Trinajstić information content (AvgIpc) is 0.885. The van der Waals surface area contributed by atoms with Crippen LogP contribution in [-0.4, -0.2) is 259 Å². The Labute approximate surface area is 701 Å². The van der Waals surface area contributed by atoms with Gasteiger partial charge in [0.05, 0.1) is 102 Å². The van der Waals surface area contributed by atoms with Gasteiger partial charge in [0.1, 0.15) is 61.3 Å². The van der Waals surface area contributed by atoms with Gasteiger partial charge < -0.3 is 99.5 Å². The predicted molar refractivity (Wildman–Crippen MR) is 439 cm³/mol. The number of carboxylic acids is 5. The largest absolute Gasteiger partial charge is 0.494 e. The molecule has 0 spiro atoms. The molecule has 119 heavy (non-hydrogen) atoms. The number of carbonyl (C=O) groups excluding carboxylic acids is 9. The molecule has 4 atom stereocenters. The zero-order valence-electron chi connectivity index (χ0n) is 69.6. The molecule has 10 N–H and O–H groups in total. The highest BCUT2D eigenvalue weighted by atomic mass is 16.5. The molecule has 676 valence electrons. The number of Topliss-reactive ketones (excluding diaryl/α,β-unsaturated/α-hetero) is 4. The lowest BCUT2D eigenvalue weighted by Crippen LogP contribution is -2.41. The van der Waals surface area contributed by atoms with Crippen LogP contribution < -0.4 is 36.1 Å². The maximum Gasteiger partial charge on any atom is 0.335 e. The Balaban J connectivity index is 0.0000720. The highest BCUT2D eigenvalue weighted by Gasteiger charge is 2.26. The number of hydrogen-bond donors (Lipinski definition) is 10. The van der Waals surface area contributed by atoms with E-state index in [2.05, 4.69) is 26.6 Å². The second-order valence-electron chi connectivity index (χ2n) is 29.1. The van der Waals surface area contributed by atoms with Gasteiger partial charge in [0.15, 0.2) is 5.78 Å². The number of carbonyl (C=O) groups is 14. The highest BCUT2D eigenvalue weighted by Crippen LogP contribution is 2.22. The lowest BCUT2D eigenvalue weighted by atomic mass is 9.89. The second kappa shape index (κ2) is 70.9. The van der Waals surface area contributed by atoms with Gasteiger partial charge in [-0.05, 0) is 126 Å². The molecule has 0 aliphatic heterocycles. The van der Waals surface area contributed by atoms with Gasteiger partial charge in [0.2, 0.25) is 29.5 Å². The van der Waals surface area contributed by atoms with E-state index in [4.69, 9.17) is 57.6 Å². The standard InChI is InChI=1S/C85H133N5O29.2H2/c1-64(22-14-16-40-86-78(97)61-115-55-51-111-45-21-26-71(93)60-114-54-52-112-48-42-88-76(95)39-32-68(84(106)107)58-70(92)24-12-8-4-2-6-10-18-46-118-72-34-28-65(29-35-72)81(100)101)75(94)59-67(83(104)105)23-15-17-41-87-79(98)62-117-57-53-113-49-43-89-80(99)63-116-56-50-110-44-20-25-69(91)33-38-74(85(108)109)90-77(96)27-13-9-5-3-7-11-19-47-119-73-36-30-66(31-37-73)82(102)103;;/h28-31,34-37,64,67-68,74H,2-27,32-33,38-63H2,1H3,(H,86,97)(H,87,98)(H,88,95)(H,89,99)(H,90,96)(H,100,101)(H,102,103)(H,104,105)(H,106,107)(H,108,109);2*1H/t64-,67+,68+,74-;;/m0../s1. The molecule has 0 aliphatic carbocycles. The molecule has 0 saturated carbocycles. The Hall–Kier alpha value is -8.90. The van der Waals surface area contributed by atoms with Crippen molar-refractivity contribution in [1.82, 2.24) is 26.6 Å². The Morgan fingerprint density at radius 1 is 0.303 bits per heavy atom. The van der Waals surface area contributed by atoms with Crippen LogP contribution in [0.3, 0.4) is 0 Å². The summed E-state index contributed by atoms with van der Waals surface area (Å²) in [5.74, 6) is -8.57. The number of aromatic carboxylic acids is 2. The minimum Gasteiger partial charge on any atom is -0.494 e. The van der Waals surface area contributed by atoms with Crippen molar-refractivity contribution in [3.8, 4) is 11.5 Å². The highest BCUT2D eigenvalue weighted by molar-refractivity contribution is 5.89. The van der Waals surface area contributed by atoms with E-state index in [1.807, 2.05) is 0 Å². The molecule has 0 heterocycles. The number of benzene rings is 2. The van der Waals surface area contributed by atoms with Crippen molar-refractivity contribution in [3.05, 3.63) is 59.7 Å². The summed E-state index contributed by atoms with van der Waals surface area (Å²) in [5.41, 5.74) is 0.409. The van der Waals surface area contributed by atoms with E-state index in [0.29, 0.717) is 109 Å². The van der Waals surface area contributed by atoms with Gasteiger partial charge in [-0.1, -0.05) is 84.0 Å². The first-order valence-corrected chi connectivity index (χ1v) is 42.1. The molecule has 0 radical (unpaired) electrons. The van der Waals surface area contributed by atoms with Crippen molar-refractivity contribution < 1.29 is 143 Å². The topological polar surface area (TPSA) is 493 Å². The Morgan fingerprint density at radius 2 is 0.689 bits per heavy atom. The molecule has 34 heteroatoms. The number of rotatable bonds is 83. The molecule has 0 unspecified atom stereocenters. The van der Waals surface area contributed by atoms with Gasteiger partial charge in [0.25, 0.3) is 0 Å². The summed E-state index contributed by atoms with van der Waals surface area (Å²) in [7, 11) is 0. The minimum absolute atomic E-state index is 0. The van der Waals surface area contributed by atoms with E-state index in [0.717, 1.165) is 77.0 Å². The van der Waals surface area contributed by atoms with E-state index in [-0.39, 0.29) is 249 Å². The summed E-state index contributed by atoms with van der Waals surface area (Å²) >= 11 is 0. The molecule has 0 bridgehead atoms. The van der Waals surface area contributed by atoms with Gasteiger partial charge in [-0.15, -0.1) is 0 Å². The molecule has 0 fully saturated rings. The van der Waals surface area contributed by atoms with Gasteiger partial charge in [-0.25, -0.2) is 14.4 Å². The van der Waals surface area contributed by atoms with Crippen LogP contribution in [0.5, 0.6) is 11.5 Å². The number of carboxylic acid groups (broad SMARTS) is 5. The zero-order valence-corrected chi connectivity index (χ0v) is 69.6. The molecule has 2 aromatic rings. The first-order valence-electron chi connectivity index (χ1n) is 42.1. The van der Waals surface area contributed by atoms with Crippen LogP contribution in [-0.2, 0) is 95.4 Å². The predicted octanol–water partition coefficient (Wildman–Crippen LogP) is 9.00. The smallest absolute Gasteiger partial charge is 0.335 e. The third-order valence-corrected chi connectivity index (χ3v) is 18.9. The number of hydrogen-bond acceptors (Lipinski definition) is 24. The minimum atomic E-state index is -1.20. The molecule has 5 amide bonds. The second-order valence-corrected chi connectivity index (χ2v) is 29.1. The molecule has 0 saturated heterocycles. The van der Waals surface area contributed by atoms with Crippen LogP contribution in [0.15, 0.2) is 48.5 Å². The monoisotopic (exact) mass is 1690 g/mol. The van der Waals surface area contributed by atoms with Crippen LogP contribution >= 0.6 is 0 Å². The van der Waals surface area contributed by atoms with Crippen molar-refractivity contribution in [2.75, 3.05) is 145 Å². The zero-order chi connectivity index (χ0) is 87.1. The first kappa shape index (κ1) is 106. The third kappa shape index (κ3) is 61.1. The van der Waals surface area contributed by atoms with Gasteiger partial charge in [0, 0.05) is 99.5 Å². The fourth-order valence-corrected chi connectivity index (χ4v) is 11.9. The van der Waals surface area contributed by atoms with Crippen molar-refractivity contribution in [2.45, 2.75) is 218 Å². The Bertz CT molecular complexity index is 3230. The number of amides is 5. The summed E-state index contributed by atoms with van der Waals surface area (Å²) in [6.07, 6.45) is 17.1. The van der Waals surface area contributed by atoms with Crippen molar-refractivity contribution in [2.24, 2.45) is 17.8 Å². The van der Waals surface area contributed by atoms with Gasteiger partial charge >= 0.3 is 29.8 Å². The number of aliphatic carboxylic acids is 3. The molecule has 34 nitrogen and oxygen atoms in total. The SMILES string of the molecule is C[C@@H](CCCCNC(=O)COCCOCCCC(=O)COCCOCCNC(=O)CC[C@H](CC(=O)CCCCCCCCCOc1ccc(C(=O)O)cc1)C(=O)O)C(=O)C[C@@H](CCCCNC(=O)COCCOCCNC(=O)COCCOCCCC(=O)CC[C@H](NC(=O)CCCCCCCCCOc1ccc(C(=O)O)cc1)C(=O)O)C(=O)O.[HH].[HH]. The summed E-state index contributed by atoms with van der Waals surface area (Å²) in [6.45, 7) is 5.51. The fourth-order valence-electron chi connectivity index (χ4n) is 11.9. The lowest BCUT2D eigenvalue weighted by Gasteiger charge is -2.15. The van der Waals surface area contributed by atoms with E-state index in [1.54, 1.807) is 31.2 Å². The summed E-state index contributed by atoms with van der Waals surface area (Å²) in [5, 5.41) is 60.4. The maximum atomic E-state index is 12.9. The fraction of sp³-hybridized carbons (Fsp3) is 0.694. The quantitative estimate of drug-likeness (QED) is 0.0276. The molecule has 2 aromatic carbocycles. The van der Waals surface area contributed by atoms with Gasteiger partial charge in [-0.3, -0.25) is 52.7 Å². The average molecular weight is 1690 g/mol. The molecule has 0 aliphatic rings. The van der Waals surface area contributed by atoms with Crippen LogP contribution in [0.1, 0.15) is 236 Å². The number of unbranched alkanes of at least 4 members (excludes halogenated alkanes) is 14. The van der Waals surface area contributed by atoms with E-state index < -0.39 is 47.7 Å². The molecular weight excluding hydrogens is 1550 g/mol. The summed E-state index contributed by atoms with van der Waals surface area (Å²) in [4.78, 5) is 169. The normalized spacial score (nSPS) is 12.1. The van der Waals surface area contributed by atoms with Gasteiger partial charge in [-0.2, -0.15) is 0 Å². The Kier molecular flexibility index (Phi) is 63.3. The van der Waals surface area contributed by atoms with Crippen molar-refractivity contribution >= 4 is 82.5 Å². The van der Waals surface area contributed by atoms with Crippen LogP contribution in [0.4, 0.5) is 0 Å². The van der Waals surface area contributed by atoms with Crippen molar-refractivity contribution in [1.29, 1.82) is 0 Å². The van der Waals surface area contributed by atoms with Crippen LogP contribution in [0.2, 0.25) is 0 Å². The molecular formula is C85H137N5O29. The molecule has 0 aromatic heterocycles. The maximum absolute atomic E-state index is 12.9. The van der Waals surface area contributed by atoms with E-state index in [1.165, 1.54) is 24.3 Å². The number of ketones is 4. The van der Waals surface area contributed by atoms with E-state index >= 15 is 0 Å². The lowest BCUT2D eigenvalue weighted by molar-refractivity contribution is -0.144. The van der Waals surface area contributed by atoms with Crippen LogP contribution in [0, 0.1) is 17.8 Å². The third-order valence-electron chi connectivity index (χ3n) is 18.9. The number of nitrogens with one attached hydrogen (secondary N) is 5. The first-order chi connectivity index (χ1) is 57.4. The van der Waals surface area contributed by atoms with E-state index in [9.17, 15) is 82.4 Å².